The molecule has 0 radical (unpaired) electrons. The maximum Gasteiger partial charge on any atom is 0.407 e. The average molecular weight is 675 g/mol. The van der Waals surface area contributed by atoms with E-state index in [2.05, 4.69) is 30.3 Å². The third-order valence-electron chi connectivity index (χ3n) is 7.39. The van der Waals surface area contributed by atoms with E-state index in [1.54, 1.807) is 20.8 Å². The van der Waals surface area contributed by atoms with Gasteiger partial charge in [0.05, 0.1) is 23.3 Å². The number of nitrogens with zero attached hydrogens (tertiary/aromatic N) is 3. The lowest BCUT2D eigenvalue weighted by atomic mass is 9.91. The Labute approximate surface area is 269 Å². The maximum atomic E-state index is 15.0. The number of hydrogen-bond donors (Lipinski definition) is 3. The molecule has 0 spiro atoms. The van der Waals surface area contributed by atoms with Gasteiger partial charge in [0.2, 0.25) is 16.0 Å². The molecule has 10 nitrogen and oxygen atoms in total. The van der Waals surface area contributed by atoms with Gasteiger partial charge in [-0.25, -0.2) is 45.7 Å². The largest absolute Gasteiger partial charge is 0.444 e. The van der Waals surface area contributed by atoms with Crippen molar-refractivity contribution in [1.29, 1.82) is 0 Å². The van der Waals surface area contributed by atoms with Crippen molar-refractivity contribution >= 4 is 38.8 Å². The average Bonchev–Trinajstić information content (AvgIpc) is 2.98. The fourth-order valence-corrected chi connectivity index (χ4v) is 6.43. The Morgan fingerprint density at radius 1 is 0.979 bits per heavy atom. The topological polar surface area (TPSA) is 135 Å². The van der Waals surface area contributed by atoms with E-state index in [0.717, 1.165) is 24.3 Å². The zero-order valence-corrected chi connectivity index (χ0v) is 26.7. The van der Waals surface area contributed by atoms with Crippen LogP contribution in [0.25, 0.3) is 22.3 Å². The standard InChI is InChI=1S/C32H34F4N6O4S/c1-32(2,3)46-31(43)39-22-11-9-21(10-12-22)38-30-37-16-27-28(41-30)23(29(35)36)15-26(40-27)19-6-13-25(24(34)14-19)42-47(44,45)17-18-4-7-20(33)8-5-18/h4-8,13-16,21-22,29,42H,9-12,17H2,1-3H3,(H,39,43)(H,37,38,41). The van der Waals surface area contributed by atoms with Crippen LogP contribution in [0.5, 0.6) is 0 Å². The third-order valence-corrected chi connectivity index (χ3v) is 8.64. The molecule has 250 valence electrons. The van der Waals surface area contributed by atoms with Gasteiger partial charge in [-0.15, -0.1) is 0 Å². The van der Waals surface area contributed by atoms with Crippen molar-refractivity contribution in [3.63, 3.8) is 0 Å². The van der Waals surface area contributed by atoms with Crippen LogP contribution in [-0.4, -0.2) is 47.1 Å². The molecule has 1 amide bonds. The van der Waals surface area contributed by atoms with Gasteiger partial charge in [-0.1, -0.05) is 18.2 Å². The molecule has 1 saturated carbocycles. The van der Waals surface area contributed by atoms with E-state index in [1.165, 1.54) is 30.5 Å². The molecule has 2 heterocycles. The molecule has 0 bridgehead atoms. The second-order valence-electron chi connectivity index (χ2n) is 12.3. The normalized spacial score (nSPS) is 17.0. The van der Waals surface area contributed by atoms with E-state index in [9.17, 15) is 26.4 Å². The van der Waals surface area contributed by atoms with Crippen molar-refractivity contribution in [3.8, 4) is 11.3 Å². The summed E-state index contributed by atoms with van der Waals surface area (Å²) < 4.78 is 89.3. The number of nitrogens with one attached hydrogen (secondary N) is 3. The Hall–Kier alpha value is -4.53. The van der Waals surface area contributed by atoms with Crippen molar-refractivity contribution in [3.05, 3.63) is 77.5 Å². The van der Waals surface area contributed by atoms with Gasteiger partial charge in [-0.3, -0.25) is 4.72 Å². The van der Waals surface area contributed by atoms with Crippen molar-refractivity contribution in [2.75, 3.05) is 10.0 Å². The molecule has 0 aliphatic heterocycles. The van der Waals surface area contributed by atoms with Crippen LogP contribution in [0.15, 0.2) is 54.7 Å². The molecule has 0 unspecified atom stereocenters. The highest BCUT2D eigenvalue weighted by Gasteiger charge is 2.26. The number of sulfonamides is 1. The lowest BCUT2D eigenvalue weighted by Gasteiger charge is -2.30. The number of benzene rings is 2. The summed E-state index contributed by atoms with van der Waals surface area (Å²) in [6.45, 7) is 5.37. The van der Waals surface area contributed by atoms with Crippen LogP contribution < -0.4 is 15.4 Å². The van der Waals surface area contributed by atoms with Crippen molar-refractivity contribution in [2.45, 2.75) is 76.3 Å². The summed E-state index contributed by atoms with van der Waals surface area (Å²) in [6, 6.07) is 9.39. The van der Waals surface area contributed by atoms with E-state index in [1.807, 2.05) is 0 Å². The van der Waals surface area contributed by atoms with Crippen LogP contribution in [0.2, 0.25) is 0 Å². The first kappa shape index (κ1) is 33.8. The number of ether oxygens (including phenoxy) is 1. The van der Waals surface area contributed by atoms with E-state index >= 15 is 4.39 Å². The Balaban J connectivity index is 1.28. The molecule has 3 N–H and O–H groups in total. The molecule has 5 rings (SSSR count). The first-order valence-electron chi connectivity index (χ1n) is 14.9. The third kappa shape index (κ3) is 9.05. The number of alkyl halides is 2. The van der Waals surface area contributed by atoms with Gasteiger partial charge < -0.3 is 15.4 Å². The van der Waals surface area contributed by atoms with E-state index in [4.69, 9.17) is 4.74 Å². The number of fused-ring (bicyclic) bond motifs is 1. The number of aromatic nitrogens is 3. The SMILES string of the molecule is CC(C)(C)OC(=O)NC1CCC(Nc2ncc3nc(-c4ccc(NS(=O)(=O)Cc5ccc(F)cc5)c(F)c4)cc(C(F)F)c3n2)CC1. The summed E-state index contributed by atoms with van der Waals surface area (Å²) >= 11 is 0. The van der Waals surface area contributed by atoms with E-state index in [0.29, 0.717) is 31.2 Å². The fourth-order valence-electron chi connectivity index (χ4n) is 5.23. The monoisotopic (exact) mass is 674 g/mol. The Morgan fingerprint density at radius 3 is 2.30 bits per heavy atom. The maximum absolute atomic E-state index is 15.0. The van der Waals surface area contributed by atoms with Gasteiger partial charge in [0.15, 0.2) is 0 Å². The number of rotatable bonds is 9. The molecule has 0 atom stereocenters. The smallest absolute Gasteiger partial charge is 0.407 e. The lowest BCUT2D eigenvalue weighted by Crippen LogP contribution is -2.42. The van der Waals surface area contributed by atoms with Gasteiger partial charge in [-0.05, 0) is 82.3 Å². The zero-order chi connectivity index (χ0) is 33.9. The Bertz CT molecular complexity index is 1860. The van der Waals surface area contributed by atoms with Crippen LogP contribution in [0.4, 0.5) is 34.0 Å². The fraction of sp³-hybridized carbons (Fsp3) is 0.375. The molecular weight excluding hydrogens is 640 g/mol. The van der Waals surface area contributed by atoms with Crippen LogP contribution >= 0.6 is 0 Å². The number of amides is 1. The molecule has 2 aromatic heterocycles. The molecule has 1 aliphatic carbocycles. The summed E-state index contributed by atoms with van der Waals surface area (Å²) in [4.78, 5) is 25.0. The Morgan fingerprint density at radius 2 is 1.66 bits per heavy atom. The Kier molecular flexibility index (Phi) is 9.84. The second kappa shape index (κ2) is 13.7. The summed E-state index contributed by atoms with van der Waals surface area (Å²) in [5, 5.41) is 6.06. The minimum atomic E-state index is -4.05. The number of alkyl carbamates (subject to hydrolysis) is 1. The van der Waals surface area contributed by atoms with Gasteiger partial charge in [-0.2, -0.15) is 0 Å². The van der Waals surface area contributed by atoms with Crippen molar-refractivity contribution in [2.24, 2.45) is 0 Å². The van der Waals surface area contributed by atoms with Crippen molar-refractivity contribution in [1.82, 2.24) is 20.3 Å². The molecule has 4 aromatic rings. The number of hydrogen-bond acceptors (Lipinski definition) is 8. The first-order valence-corrected chi connectivity index (χ1v) is 16.6. The van der Waals surface area contributed by atoms with E-state index < -0.39 is 51.1 Å². The van der Waals surface area contributed by atoms with Crippen LogP contribution in [0.3, 0.4) is 0 Å². The van der Waals surface area contributed by atoms with E-state index in [-0.39, 0.29) is 46.0 Å². The minimum absolute atomic E-state index is 0.0209. The molecule has 1 fully saturated rings. The number of anilines is 2. The minimum Gasteiger partial charge on any atom is -0.444 e. The van der Waals surface area contributed by atoms with Crippen LogP contribution in [0, 0.1) is 11.6 Å². The lowest BCUT2D eigenvalue weighted by molar-refractivity contribution is 0.0492. The molecule has 15 heteroatoms. The summed E-state index contributed by atoms with van der Waals surface area (Å²) in [7, 11) is -4.05. The summed E-state index contributed by atoms with van der Waals surface area (Å²) in [5.41, 5.74) is -0.911. The predicted octanol–water partition coefficient (Wildman–Crippen LogP) is 7.10. The molecular formula is C32H34F4N6O4S. The molecule has 1 aliphatic rings. The van der Waals surface area contributed by atoms with Gasteiger partial charge in [0, 0.05) is 23.2 Å². The van der Waals surface area contributed by atoms with Gasteiger partial charge >= 0.3 is 6.09 Å². The number of carbonyl (C=O) groups is 1. The number of halogens is 4. The predicted molar refractivity (Wildman–Crippen MR) is 169 cm³/mol. The highest BCUT2D eigenvalue weighted by atomic mass is 32.2. The summed E-state index contributed by atoms with van der Waals surface area (Å²) in [5.74, 6) is -1.83. The number of carbonyl (C=O) groups excluding carboxylic acids is 1. The van der Waals surface area contributed by atoms with Crippen LogP contribution in [-0.2, 0) is 20.5 Å². The number of pyridine rings is 1. The zero-order valence-electron chi connectivity index (χ0n) is 25.9. The molecule has 47 heavy (non-hydrogen) atoms. The quantitative estimate of drug-likeness (QED) is 0.160. The molecule has 2 aromatic carbocycles. The second-order valence-corrected chi connectivity index (χ2v) is 14.1. The highest BCUT2D eigenvalue weighted by Crippen LogP contribution is 2.32. The highest BCUT2D eigenvalue weighted by molar-refractivity contribution is 7.91. The van der Waals surface area contributed by atoms with Gasteiger partial charge in [0.1, 0.15) is 28.3 Å². The first-order chi connectivity index (χ1) is 22.1. The molecule has 0 saturated heterocycles. The van der Waals surface area contributed by atoms with Gasteiger partial charge in [0.25, 0.3) is 6.43 Å². The van der Waals surface area contributed by atoms with Crippen LogP contribution in [0.1, 0.15) is 64.0 Å². The van der Waals surface area contributed by atoms with Crippen molar-refractivity contribution < 1.29 is 35.5 Å². The summed E-state index contributed by atoms with van der Waals surface area (Å²) in [6.07, 6.45) is 0.643.